The van der Waals surface area contributed by atoms with Gasteiger partial charge < -0.3 is 18.6 Å². The van der Waals surface area contributed by atoms with Gasteiger partial charge in [0.2, 0.25) is 0 Å². The maximum absolute atomic E-state index is 13.0. The molecule has 3 aromatic heterocycles. The van der Waals surface area contributed by atoms with Crippen LogP contribution < -0.4 is 9.60 Å². The van der Waals surface area contributed by atoms with Crippen LogP contribution in [0.25, 0.3) is 20.4 Å². The standard InChI is InChI=1S/C29H25N5O6S2/c1-5-39-26(37)16-10-12-20-22(14-16)41-28(33(20)3)31-24(35)18-8-7-9-19(30-18)25(36)32-29-34(4)21-13-11-17(15-23(21)42-29)27(38)40-6-2/h7-15H,5-6H2,1-4H3. The van der Waals surface area contributed by atoms with E-state index in [-0.39, 0.29) is 24.6 Å². The van der Waals surface area contributed by atoms with E-state index in [0.29, 0.717) is 20.7 Å². The Labute approximate surface area is 247 Å². The summed E-state index contributed by atoms with van der Waals surface area (Å²) in [7, 11) is 3.53. The average molecular weight is 604 g/mol. The number of fused-ring (bicyclic) bond motifs is 2. The normalized spacial score (nSPS) is 12.2. The number of esters is 2. The first-order valence-electron chi connectivity index (χ1n) is 12.9. The highest BCUT2D eigenvalue weighted by molar-refractivity contribution is 7.16. The molecule has 2 amide bonds. The van der Waals surface area contributed by atoms with Gasteiger partial charge in [0, 0.05) is 14.1 Å². The van der Waals surface area contributed by atoms with Crippen molar-refractivity contribution >= 4 is 66.9 Å². The summed E-state index contributed by atoms with van der Waals surface area (Å²) >= 11 is 2.48. The molecule has 0 spiro atoms. The molecule has 42 heavy (non-hydrogen) atoms. The molecule has 0 saturated carbocycles. The molecule has 0 fully saturated rings. The summed E-state index contributed by atoms with van der Waals surface area (Å²) < 4.78 is 15.1. The first kappa shape index (κ1) is 28.8. The number of ether oxygens (including phenoxy) is 2. The highest BCUT2D eigenvalue weighted by atomic mass is 32.1. The minimum atomic E-state index is -0.628. The molecule has 0 aliphatic rings. The second-order valence-corrected chi connectivity index (χ2v) is 11.0. The number of carbonyl (C=O) groups is 4. The Morgan fingerprint density at radius 2 is 1.14 bits per heavy atom. The lowest BCUT2D eigenvalue weighted by molar-refractivity contribution is 0.0517. The summed E-state index contributed by atoms with van der Waals surface area (Å²) in [6.45, 7) is 4.02. The van der Waals surface area contributed by atoms with Crippen LogP contribution in [0.4, 0.5) is 0 Å². The van der Waals surface area contributed by atoms with Gasteiger partial charge in [-0.25, -0.2) is 14.6 Å². The Kier molecular flexibility index (Phi) is 8.22. The van der Waals surface area contributed by atoms with Crippen molar-refractivity contribution < 1.29 is 28.7 Å². The molecule has 13 heteroatoms. The molecular formula is C29H25N5O6S2. The Balaban J connectivity index is 1.43. The Morgan fingerprint density at radius 1 is 0.714 bits per heavy atom. The minimum absolute atomic E-state index is 0.0134. The third-order valence-electron chi connectivity index (χ3n) is 6.22. The van der Waals surface area contributed by atoms with Gasteiger partial charge in [0.05, 0.1) is 44.8 Å². The van der Waals surface area contributed by atoms with Crippen molar-refractivity contribution in [1.29, 1.82) is 0 Å². The topological polar surface area (TPSA) is 134 Å². The quantitative estimate of drug-likeness (QED) is 0.268. The number of nitrogens with zero attached hydrogens (tertiary/aromatic N) is 5. The molecular weight excluding hydrogens is 578 g/mol. The van der Waals surface area contributed by atoms with Gasteiger partial charge in [-0.05, 0) is 62.4 Å². The molecule has 0 aliphatic heterocycles. The number of hydrogen-bond donors (Lipinski definition) is 0. The van der Waals surface area contributed by atoms with Crippen LogP contribution in [-0.4, -0.2) is 51.1 Å². The first-order valence-corrected chi connectivity index (χ1v) is 14.5. The van der Waals surface area contributed by atoms with Crippen molar-refractivity contribution in [3.05, 3.63) is 86.7 Å². The maximum atomic E-state index is 13.0. The van der Waals surface area contributed by atoms with Gasteiger partial charge in [-0.15, -0.1) is 0 Å². The van der Waals surface area contributed by atoms with Gasteiger partial charge >= 0.3 is 11.9 Å². The molecule has 11 nitrogen and oxygen atoms in total. The molecule has 2 aromatic carbocycles. The third-order valence-corrected chi connectivity index (χ3v) is 8.41. The van der Waals surface area contributed by atoms with Crippen molar-refractivity contribution in [2.75, 3.05) is 13.2 Å². The van der Waals surface area contributed by atoms with Crippen molar-refractivity contribution in [3.8, 4) is 0 Å². The minimum Gasteiger partial charge on any atom is -0.462 e. The number of pyridine rings is 1. The smallest absolute Gasteiger partial charge is 0.338 e. The molecule has 5 rings (SSSR count). The van der Waals surface area contributed by atoms with Crippen LogP contribution in [0, 0.1) is 0 Å². The number of hydrogen-bond acceptors (Lipinski definition) is 9. The van der Waals surface area contributed by atoms with Gasteiger partial charge in [-0.2, -0.15) is 9.98 Å². The number of amides is 2. The molecule has 0 unspecified atom stereocenters. The SMILES string of the molecule is CCOC(=O)c1ccc2c(c1)sc(=NC(=O)c1cccc(C(=O)N=c3sc4cc(C(=O)OCC)ccc4n3C)n1)n2C. The largest absolute Gasteiger partial charge is 0.462 e. The van der Waals surface area contributed by atoms with E-state index in [1.165, 1.54) is 34.8 Å². The van der Waals surface area contributed by atoms with E-state index < -0.39 is 23.8 Å². The number of rotatable bonds is 6. The number of thiazole rings is 2. The molecule has 0 saturated heterocycles. The lowest BCUT2D eigenvalue weighted by atomic mass is 10.2. The Morgan fingerprint density at radius 3 is 1.55 bits per heavy atom. The maximum Gasteiger partial charge on any atom is 0.338 e. The van der Waals surface area contributed by atoms with Gasteiger partial charge in [0.25, 0.3) is 11.8 Å². The van der Waals surface area contributed by atoms with Gasteiger partial charge in [-0.1, -0.05) is 28.7 Å². The summed E-state index contributed by atoms with van der Waals surface area (Å²) in [6, 6.07) is 14.8. The Hall–Kier alpha value is -4.75. The second-order valence-electron chi connectivity index (χ2n) is 8.94. The zero-order valence-electron chi connectivity index (χ0n) is 23.1. The number of carbonyl (C=O) groups excluding carboxylic acids is 4. The van der Waals surface area contributed by atoms with Gasteiger partial charge in [0.1, 0.15) is 11.4 Å². The van der Waals surface area contributed by atoms with Crippen LogP contribution >= 0.6 is 22.7 Å². The van der Waals surface area contributed by atoms with Crippen molar-refractivity contribution in [1.82, 2.24) is 14.1 Å². The summed E-state index contributed by atoms with van der Waals surface area (Å²) in [6.07, 6.45) is 0. The first-order chi connectivity index (χ1) is 20.2. The molecule has 0 atom stereocenters. The van der Waals surface area contributed by atoms with E-state index in [2.05, 4.69) is 15.0 Å². The highest BCUT2D eigenvalue weighted by Gasteiger charge is 2.15. The van der Waals surface area contributed by atoms with Crippen LogP contribution in [0.2, 0.25) is 0 Å². The fourth-order valence-electron chi connectivity index (χ4n) is 4.13. The zero-order valence-corrected chi connectivity index (χ0v) is 24.7. The fraction of sp³-hybridized carbons (Fsp3) is 0.207. The summed E-state index contributed by atoms with van der Waals surface area (Å²) in [5.41, 5.74) is 2.38. The average Bonchev–Trinajstić information content (AvgIpc) is 3.47. The van der Waals surface area contributed by atoms with E-state index in [1.54, 1.807) is 79.5 Å². The second kappa shape index (κ2) is 12.0. The van der Waals surface area contributed by atoms with Gasteiger partial charge in [-0.3, -0.25) is 9.59 Å². The summed E-state index contributed by atoms with van der Waals surface area (Å²) in [5.74, 6) is -2.11. The predicted octanol–water partition coefficient (Wildman–Crippen LogP) is 4.02. The van der Waals surface area contributed by atoms with Crippen LogP contribution in [0.15, 0.2) is 64.6 Å². The molecule has 0 bridgehead atoms. The zero-order chi connectivity index (χ0) is 30.0. The lowest BCUT2D eigenvalue weighted by Crippen LogP contribution is -2.16. The van der Waals surface area contributed by atoms with Crippen LogP contribution in [0.3, 0.4) is 0 Å². The monoisotopic (exact) mass is 603 g/mol. The van der Waals surface area contributed by atoms with Crippen LogP contribution in [0.1, 0.15) is 55.5 Å². The van der Waals surface area contributed by atoms with Crippen molar-refractivity contribution in [2.24, 2.45) is 24.1 Å². The van der Waals surface area contributed by atoms with Gasteiger partial charge in [0.15, 0.2) is 9.60 Å². The molecule has 214 valence electrons. The molecule has 0 aliphatic carbocycles. The number of aryl methyl sites for hydroxylation is 2. The highest BCUT2D eigenvalue weighted by Crippen LogP contribution is 2.20. The van der Waals surface area contributed by atoms with E-state index in [0.717, 1.165) is 20.4 Å². The van der Waals surface area contributed by atoms with Crippen molar-refractivity contribution in [3.63, 3.8) is 0 Å². The summed E-state index contributed by atoms with van der Waals surface area (Å²) in [5, 5.41) is 0. The molecule has 5 aromatic rings. The lowest BCUT2D eigenvalue weighted by Gasteiger charge is -2.02. The Bertz CT molecular complexity index is 1890. The third kappa shape index (κ3) is 5.69. The fourth-order valence-corrected chi connectivity index (χ4v) is 6.24. The number of benzene rings is 2. The van der Waals surface area contributed by atoms with E-state index in [1.807, 2.05) is 0 Å². The predicted molar refractivity (Wildman–Crippen MR) is 158 cm³/mol. The van der Waals surface area contributed by atoms with E-state index in [9.17, 15) is 19.2 Å². The van der Waals surface area contributed by atoms with E-state index >= 15 is 0 Å². The summed E-state index contributed by atoms with van der Waals surface area (Å²) in [4.78, 5) is 63.8. The van der Waals surface area contributed by atoms with Crippen LogP contribution in [0.5, 0.6) is 0 Å². The molecule has 0 N–H and O–H groups in total. The van der Waals surface area contributed by atoms with E-state index in [4.69, 9.17) is 9.47 Å². The molecule has 3 heterocycles. The molecule has 0 radical (unpaired) electrons. The number of aromatic nitrogens is 3. The van der Waals surface area contributed by atoms with Crippen LogP contribution in [-0.2, 0) is 23.6 Å². The van der Waals surface area contributed by atoms with Crippen molar-refractivity contribution in [2.45, 2.75) is 13.8 Å².